The Hall–Kier alpha value is -1.68. The summed E-state index contributed by atoms with van der Waals surface area (Å²) in [6, 6.07) is 7.51. The summed E-state index contributed by atoms with van der Waals surface area (Å²) in [6.45, 7) is 0.601. The lowest BCUT2D eigenvalue weighted by atomic mass is 9.89. The molecule has 4 nitrogen and oxygen atoms in total. The van der Waals surface area contributed by atoms with Crippen LogP contribution in [0.25, 0.3) is 0 Å². The highest BCUT2D eigenvalue weighted by Gasteiger charge is 2.22. The highest BCUT2D eigenvalue weighted by Crippen LogP contribution is 2.25. The van der Waals surface area contributed by atoms with E-state index in [0.29, 0.717) is 13.2 Å². The Kier molecular flexibility index (Phi) is 5.93. The minimum Gasteiger partial charge on any atom is -0.461 e. The minimum atomic E-state index is -0.260. The molecular formula is C17H23NO3. The molecule has 0 radical (unpaired) electrons. The fraction of sp³-hybridized carbons (Fsp3) is 0.529. The third-order valence-electron chi connectivity index (χ3n) is 4.15. The van der Waals surface area contributed by atoms with Gasteiger partial charge in [-0.05, 0) is 24.0 Å². The zero-order valence-corrected chi connectivity index (χ0v) is 12.3. The lowest BCUT2D eigenvalue weighted by molar-refractivity contribution is -0.151. The van der Waals surface area contributed by atoms with Crippen LogP contribution in [0, 0.1) is 5.92 Å². The number of carbonyl (C=O) groups excluding carboxylic acids is 2. The Bertz CT molecular complexity index is 463. The van der Waals surface area contributed by atoms with E-state index >= 15 is 0 Å². The molecule has 1 aliphatic carbocycles. The van der Waals surface area contributed by atoms with Crippen molar-refractivity contribution >= 4 is 12.3 Å². The van der Waals surface area contributed by atoms with Crippen LogP contribution in [0.2, 0.25) is 0 Å². The van der Waals surface area contributed by atoms with Gasteiger partial charge >= 0.3 is 5.97 Å². The molecule has 1 saturated carbocycles. The molecule has 21 heavy (non-hydrogen) atoms. The Morgan fingerprint density at radius 2 is 1.90 bits per heavy atom. The summed E-state index contributed by atoms with van der Waals surface area (Å²) in [6.07, 6.45) is 6.24. The van der Waals surface area contributed by atoms with Crippen LogP contribution in [0.1, 0.15) is 49.1 Å². The molecule has 2 N–H and O–H groups in total. The molecule has 0 aliphatic heterocycles. The summed E-state index contributed by atoms with van der Waals surface area (Å²) in [5.41, 5.74) is 7.37. The van der Waals surface area contributed by atoms with E-state index in [4.69, 9.17) is 10.5 Å². The summed E-state index contributed by atoms with van der Waals surface area (Å²) < 4.78 is 5.39. The van der Waals surface area contributed by atoms with Crippen molar-refractivity contribution in [3.8, 4) is 0 Å². The first-order valence-corrected chi connectivity index (χ1v) is 7.65. The second-order valence-electron chi connectivity index (χ2n) is 5.66. The summed E-state index contributed by atoms with van der Waals surface area (Å²) in [7, 11) is 0. The van der Waals surface area contributed by atoms with Crippen molar-refractivity contribution in [2.24, 2.45) is 11.7 Å². The first-order chi connectivity index (χ1) is 10.2. The molecule has 0 saturated heterocycles. The molecule has 4 heteroatoms. The van der Waals surface area contributed by atoms with Gasteiger partial charge in [0.15, 0.2) is 0 Å². The number of carbonyl (C=O) groups is 2. The predicted octanol–water partition coefficient (Wildman–Crippen LogP) is 2.55. The lowest BCUT2D eigenvalue weighted by Gasteiger charge is -2.20. The highest BCUT2D eigenvalue weighted by atomic mass is 16.5. The van der Waals surface area contributed by atoms with Crippen LogP contribution < -0.4 is 5.73 Å². The van der Waals surface area contributed by atoms with Gasteiger partial charge in [0.1, 0.15) is 12.9 Å². The lowest BCUT2D eigenvalue weighted by Crippen LogP contribution is -2.20. The number of hydrogen-bond acceptors (Lipinski definition) is 4. The standard InChI is InChI=1S/C17H23NO3/c18-10-16(11-19)14-8-6-13(7-9-14)12-21-17(20)15-4-2-1-3-5-15/h6-9,11,15-16H,1-5,10,12,18H2. The van der Waals surface area contributed by atoms with Gasteiger partial charge in [-0.25, -0.2) is 0 Å². The molecule has 114 valence electrons. The van der Waals surface area contributed by atoms with Crippen molar-refractivity contribution in [2.75, 3.05) is 6.54 Å². The maximum absolute atomic E-state index is 12.0. The fourth-order valence-electron chi connectivity index (χ4n) is 2.74. The number of rotatable bonds is 6. The number of ether oxygens (including phenoxy) is 1. The van der Waals surface area contributed by atoms with Crippen molar-refractivity contribution in [2.45, 2.75) is 44.6 Å². The average molecular weight is 289 g/mol. The van der Waals surface area contributed by atoms with E-state index in [9.17, 15) is 9.59 Å². The van der Waals surface area contributed by atoms with Crippen LogP contribution in [-0.2, 0) is 20.9 Å². The van der Waals surface area contributed by atoms with Gasteiger partial charge in [0.05, 0.1) is 11.8 Å². The van der Waals surface area contributed by atoms with Crippen LogP contribution in [-0.4, -0.2) is 18.8 Å². The normalized spacial score (nSPS) is 17.2. The number of esters is 1. The molecule has 0 heterocycles. The minimum absolute atomic E-state index is 0.0773. The van der Waals surface area contributed by atoms with E-state index in [0.717, 1.165) is 43.1 Å². The van der Waals surface area contributed by atoms with E-state index in [1.54, 1.807) is 0 Å². The number of aldehydes is 1. The number of benzene rings is 1. The molecule has 1 unspecified atom stereocenters. The first-order valence-electron chi connectivity index (χ1n) is 7.65. The van der Waals surface area contributed by atoms with Gasteiger partial charge in [0.25, 0.3) is 0 Å². The Morgan fingerprint density at radius 3 is 2.48 bits per heavy atom. The van der Waals surface area contributed by atoms with E-state index in [-0.39, 0.29) is 17.8 Å². The van der Waals surface area contributed by atoms with Crippen LogP contribution in [0.3, 0.4) is 0 Å². The van der Waals surface area contributed by atoms with Crippen molar-refractivity contribution in [3.63, 3.8) is 0 Å². The SMILES string of the molecule is NCC(C=O)c1ccc(COC(=O)C2CCCCC2)cc1. The third kappa shape index (κ3) is 4.39. The predicted molar refractivity (Wildman–Crippen MR) is 80.7 cm³/mol. The number of nitrogens with two attached hydrogens (primary N) is 1. The zero-order valence-electron chi connectivity index (χ0n) is 12.3. The van der Waals surface area contributed by atoms with Crippen LogP contribution in [0.5, 0.6) is 0 Å². The molecule has 2 rings (SSSR count). The fourth-order valence-corrected chi connectivity index (χ4v) is 2.74. The first kappa shape index (κ1) is 15.7. The molecule has 0 aromatic heterocycles. The molecule has 1 aromatic rings. The molecule has 1 aliphatic rings. The molecule has 1 fully saturated rings. The van der Waals surface area contributed by atoms with E-state index in [1.807, 2.05) is 24.3 Å². The monoisotopic (exact) mass is 289 g/mol. The number of hydrogen-bond donors (Lipinski definition) is 1. The Morgan fingerprint density at radius 1 is 1.24 bits per heavy atom. The maximum atomic E-state index is 12.0. The smallest absolute Gasteiger partial charge is 0.309 e. The van der Waals surface area contributed by atoms with Crippen molar-refractivity contribution in [3.05, 3.63) is 35.4 Å². The van der Waals surface area contributed by atoms with Gasteiger partial charge in [0, 0.05) is 6.54 Å². The van der Waals surface area contributed by atoms with Crippen LogP contribution >= 0.6 is 0 Å². The Balaban J connectivity index is 1.85. The summed E-state index contributed by atoms with van der Waals surface area (Å²) >= 11 is 0. The largest absolute Gasteiger partial charge is 0.461 e. The molecule has 1 atom stereocenters. The van der Waals surface area contributed by atoms with Crippen LogP contribution in [0.4, 0.5) is 0 Å². The molecule has 0 amide bonds. The highest BCUT2D eigenvalue weighted by molar-refractivity contribution is 5.72. The average Bonchev–Trinajstić information content (AvgIpc) is 2.55. The Labute approximate surface area is 125 Å². The van der Waals surface area contributed by atoms with E-state index in [2.05, 4.69) is 0 Å². The maximum Gasteiger partial charge on any atom is 0.309 e. The van der Waals surface area contributed by atoms with E-state index < -0.39 is 0 Å². The summed E-state index contributed by atoms with van der Waals surface area (Å²) in [5, 5.41) is 0. The second-order valence-corrected chi connectivity index (χ2v) is 5.66. The quantitative estimate of drug-likeness (QED) is 0.645. The summed E-state index contributed by atoms with van der Waals surface area (Å²) in [4.78, 5) is 22.8. The topological polar surface area (TPSA) is 69.4 Å². The van der Waals surface area contributed by atoms with Gasteiger partial charge in [-0.1, -0.05) is 43.5 Å². The summed E-state index contributed by atoms with van der Waals surface area (Å²) in [5.74, 6) is -0.259. The van der Waals surface area contributed by atoms with Gasteiger partial charge in [-0.3, -0.25) is 4.79 Å². The van der Waals surface area contributed by atoms with Crippen molar-refractivity contribution in [1.29, 1.82) is 0 Å². The van der Waals surface area contributed by atoms with Gasteiger partial charge in [0.2, 0.25) is 0 Å². The third-order valence-corrected chi connectivity index (χ3v) is 4.15. The molecule has 0 bridgehead atoms. The zero-order chi connectivity index (χ0) is 15.1. The molecule has 1 aromatic carbocycles. The second kappa shape index (κ2) is 7.93. The van der Waals surface area contributed by atoms with E-state index in [1.165, 1.54) is 6.42 Å². The van der Waals surface area contributed by atoms with Crippen molar-refractivity contribution in [1.82, 2.24) is 0 Å². The molecular weight excluding hydrogens is 266 g/mol. The van der Waals surface area contributed by atoms with Gasteiger partial charge in [-0.15, -0.1) is 0 Å². The molecule has 0 spiro atoms. The van der Waals surface area contributed by atoms with Crippen molar-refractivity contribution < 1.29 is 14.3 Å². The van der Waals surface area contributed by atoms with Gasteiger partial charge < -0.3 is 15.3 Å². The van der Waals surface area contributed by atoms with Gasteiger partial charge in [-0.2, -0.15) is 0 Å². The van der Waals surface area contributed by atoms with Crippen LogP contribution in [0.15, 0.2) is 24.3 Å².